The van der Waals surface area contributed by atoms with Gasteiger partial charge in [0.05, 0.1) is 11.0 Å². The summed E-state index contributed by atoms with van der Waals surface area (Å²) >= 11 is 0. The summed E-state index contributed by atoms with van der Waals surface area (Å²) in [4.78, 5) is 4.15. The summed E-state index contributed by atoms with van der Waals surface area (Å²) in [6, 6.07) is 9.90. The molecule has 0 atom stereocenters. The number of rotatable bonds is 3. The fraction of sp³-hybridized carbons (Fsp3) is 0.133. The fourth-order valence-electron chi connectivity index (χ4n) is 2.29. The van der Waals surface area contributed by atoms with Crippen molar-refractivity contribution in [2.45, 2.75) is 6.54 Å². The molecule has 20 heavy (non-hydrogen) atoms. The summed E-state index contributed by atoms with van der Waals surface area (Å²) in [7, 11) is 1.73. The predicted octanol–water partition coefficient (Wildman–Crippen LogP) is 3.02. The molecule has 0 aliphatic carbocycles. The molecule has 0 aliphatic heterocycles. The van der Waals surface area contributed by atoms with Gasteiger partial charge >= 0.3 is 0 Å². The van der Waals surface area contributed by atoms with Crippen LogP contribution in [-0.2, 0) is 6.54 Å². The van der Waals surface area contributed by atoms with E-state index < -0.39 is 11.6 Å². The number of benzene rings is 2. The van der Waals surface area contributed by atoms with Crippen LogP contribution in [-0.4, -0.2) is 16.6 Å². The van der Waals surface area contributed by atoms with Gasteiger partial charge in [-0.15, -0.1) is 0 Å². The Bertz CT molecular complexity index is 742. The third kappa shape index (κ3) is 2.06. The molecule has 0 fully saturated rings. The zero-order valence-electron chi connectivity index (χ0n) is 10.9. The van der Waals surface area contributed by atoms with E-state index in [1.54, 1.807) is 19.2 Å². The highest BCUT2D eigenvalue weighted by Crippen LogP contribution is 2.24. The van der Waals surface area contributed by atoms with E-state index in [1.165, 1.54) is 23.0 Å². The van der Waals surface area contributed by atoms with Crippen LogP contribution in [0.25, 0.3) is 16.7 Å². The Hall–Kier alpha value is -2.27. The number of nitrogens with one attached hydrogen (secondary N) is 1. The van der Waals surface area contributed by atoms with E-state index in [0.717, 1.165) is 0 Å². The van der Waals surface area contributed by atoms with Gasteiger partial charge in [-0.3, -0.25) is 4.57 Å². The van der Waals surface area contributed by atoms with Gasteiger partial charge in [-0.1, -0.05) is 12.1 Å². The smallest absolute Gasteiger partial charge is 0.150 e. The van der Waals surface area contributed by atoms with Crippen LogP contribution in [0.5, 0.6) is 0 Å². The average Bonchev–Trinajstić information content (AvgIpc) is 2.83. The van der Waals surface area contributed by atoms with Gasteiger partial charge in [-0.2, -0.15) is 0 Å². The van der Waals surface area contributed by atoms with Gasteiger partial charge in [0.2, 0.25) is 0 Å². The number of aromatic nitrogens is 2. The minimum Gasteiger partial charge on any atom is -0.316 e. The summed E-state index contributed by atoms with van der Waals surface area (Å²) in [6.07, 6.45) is 1.43. The molecule has 3 nitrogen and oxygen atoms in total. The fourth-order valence-corrected chi connectivity index (χ4v) is 2.29. The zero-order valence-corrected chi connectivity index (χ0v) is 10.9. The van der Waals surface area contributed by atoms with Crippen LogP contribution >= 0.6 is 0 Å². The van der Waals surface area contributed by atoms with Crippen molar-refractivity contribution in [1.29, 1.82) is 0 Å². The molecular weight excluding hydrogens is 260 g/mol. The van der Waals surface area contributed by atoms with E-state index >= 15 is 0 Å². The van der Waals surface area contributed by atoms with E-state index in [2.05, 4.69) is 10.3 Å². The van der Waals surface area contributed by atoms with Crippen molar-refractivity contribution in [2.24, 2.45) is 0 Å². The maximum absolute atomic E-state index is 14.2. The topological polar surface area (TPSA) is 29.9 Å². The summed E-state index contributed by atoms with van der Waals surface area (Å²) in [5, 5.41) is 2.87. The molecule has 0 saturated heterocycles. The molecule has 3 rings (SSSR count). The van der Waals surface area contributed by atoms with Gasteiger partial charge in [-0.05, 0) is 36.9 Å². The lowest BCUT2D eigenvalue weighted by atomic mass is 10.1. The van der Waals surface area contributed by atoms with Crippen molar-refractivity contribution in [3.8, 4) is 5.69 Å². The Morgan fingerprint density at radius 3 is 2.55 bits per heavy atom. The molecule has 0 saturated carbocycles. The number of nitrogens with zero attached hydrogens (tertiary/aromatic N) is 2. The molecule has 1 heterocycles. The van der Waals surface area contributed by atoms with Crippen molar-refractivity contribution in [1.82, 2.24) is 14.9 Å². The Balaban J connectivity index is 2.19. The molecule has 0 unspecified atom stereocenters. The minimum atomic E-state index is -0.599. The van der Waals surface area contributed by atoms with Crippen LogP contribution in [0.4, 0.5) is 8.78 Å². The Morgan fingerprint density at radius 2 is 1.85 bits per heavy atom. The second-order valence-electron chi connectivity index (χ2n) is 4.54. The zero-order chi connectivity index (χ0) is 14.1. The highest BCUT2D eigenvalue weighted by molar-refractivity contribution is 5.77. The van der Waals surface area contributed by atoms with Crippen molar-refractivity contribution >= 4 is 11.0 Å². The Kier molecular flexibility index (Phi) is 3.20. The molecule has 0 bridgehead atoms. The number of hydrogen-bond donors (Lipinski definition) is 1. The van der Waals surface area contributed by atoms with E-state index in [1.807, 2.05) is 12.1 Å². The maximum atomic E-state index is 14.2. The van der Waals surface area contributed by atoms with Crippen molar-refractivity contribution in [3.63, 3.8) is 0 Å². The molecule has 0 amide bonds. The van der Waals surface area contributed by atoms with Crippen LogP contribution in [0, 0.1) is 11.6 Å². The molecule has 0 spiro atoms. The quantitative estimate of drug-likeness (QED) is 0.795. The largest absolute Gasteiger partial charge is 0.316 e. The number of halogens is 2. The first kappa shape index (κ1) is 12.7. The van der Waals surface area contributed by atoms with Crippen LogP contribution in [0.15, 0.2) is 42.7 Å². The molecular formula is C15H13F2N3. The van der Waals surface area contributed by atoms with E-state index in [0.29, 0.717) is 23.1 Å². The molecule has 0 radical (unpaired) electrons. The first-order chi connectivity index (χ1) is 9.70. The van der Waals surface area contributed by atoms with Gasteiger partial charge in [0.25, 0.3) is 0 Å². The van der Waals surface area contributed by atoms with Crippen LogP contribution < -0.4 is 5.32 Å². The molecule has 2 aromatic carbocycles. The highest BCUT2D eigenvalue weighted by Gasteiger charge is 2.15. The van der Waals surface area contributed by atoms with Gasteiger partial charge < -0.3 is 5.32 Å². The van der Waals surface area contributed by atoms with Crippen molar-refractivity contribution < 1.29 is 8.78 Å². The van der Waals surface area contributed by atoms with Crippen LogP contribution in [0.2, 0.25) is 0 Å². The predicted molar refractivity (Wildman–Crippen MR) is 73.7 cm³/mol. The van der Waals surface area contributed by atoms with E-state index in [9.17, 15) is 8.78 Å². The standard InChI is InChI=1S/C15H13F2N3/c1-18-8-10-6-11(16)15(12(17)7-10)20-9-19-13-4-2-3-5-14(13)20/h2-7,9,18H,8H2,1H3. The SMILES string of the molecule is CNCc1cc(F)c(-n2cnc3ccccc32)c(F)c1. The monoisotopic (exact) mass is 273 g/mol. The Labute approximate surface area is 114 Å². The lowest BCUT2D eigenvalue weighted by molar-refractivity contribution is 0.566. The van der Waals surface area contributed by atoms with Gasteiger partial charge in [0.15, 0.2) is 11.6 Å². The summed E-state index contributed by atoms with van der Waals surface area (Å²) in [5.74, 6) is -1.20. The molecule has 5 heteroatoms. The second-order valence-corrected chi connectivity index (χ2v) is 4.54. The minimum absolute atomic E-state index is 0.0986. The lowest BCUT2D eigenvalue weighted by Gasteiger charge is -2.09. The molecule has 0 aliphatic rings. The second kappa shape index (κ2) is 5.02. The summed E-state index contributed by atoms with van der Waals surface area (Å²) in [6.45, 7) is 0.415. The van der Waals surface area contributed by atoms with Crippen molar-refractivity contribution in [3.05, 3.63) is 59.9 Å². The molecule has 3 aromatic rings. The number of fused-ring (bicyclic) bond motifs is 1. The third-order valence-corrected chi connectivity index (χ3v) is 3.15. The maximum Gasteiger partial charge on any atom is 0.150 e. The van der Waals surface area contributed by atoms with Crippen LogP contribution in [0.3, 0.4) is 0 Å². The molecule has 1 N–H and O–H groups in total. The molecule has 1 aromatic heterocycles. The van der Waals surface area contributed by atoms with Crippen LogP contribution in [0.1, 0.15) is 5.56 Å². The number of para-hydroxylation sites is 2. The first-order valence-electron chi connectivity index (χ1n) is 6.25. The highest BCUT2D eigenvalue weighted by atomic mass is 19.1. The normalized spacial score (nSPS) is 11.2. The van der Waals surface area contributed by atoms with Gasteiger partial charge in [0.1, 0.15) is 12.0 Å². The summed E-state index contributed by atoms with van der Waals surface area (Å²) in [5.41, 5.74) is 1.84. The summed E-state index contributed by atoms with van der Waals surface area (Å²) < 4.78 is 29.9. The first-order valence-corrected chi connectivity index (χ1v) is 6.25. The number of imidazole rings is 1. The van der Waals surface area contributed by atoms with Gasteiger partial charge in [-0.25, -0.2) is 13.8 Å². The lowest BCUT2D eigenvalue weighted by Crippen LogP contribution is -2.08. The van der Waals surface area contributed by atoms with E-state index in [-0.39, 0.29) is 5.69 Å². The van der Waals surface area contributed by atoms with E-state index in [4.69, 9.17) is 0 Å². The van der Waals surface area contributed by atoms with Crippen molar-refractivity contribution in [2.75, 3.05) is 7.05 Å². The third-order valence-electron chi connectivity index (χ3n) is 3.15. The number of hydrogen-bond acceptors (Lipinski definition) is 2. The average molecular weight is 273 g/mol. The Morgan fingerprint density at radius 1 is 1.15 bits per heavy atom. The van der Waals surface area contributed by atoms with Gasteiger partial charge in [0, 0.05) is 6.54 Å². The molecule has 102 valence electrons.